The Bertz CT molecular complexity index is 1070. The molecule has 0 N–H and O–H groups in total. The molecule has 0 fully saturated rings. The molecule has 4 nitrogen and oxygen atoms in total. The van der Waals surface area contributed by atoms with Gasteiger partial charge in [-0.05, 0) is 67.8 Å². The summed E-state index contributed by atoms with van der Waals surface area (Å²) in [6.45, 7) is 11.5. The van der Waals surface area contributed by atoms with Gasteiger partial charge in [0.15, 0.2) is 4.80 Å². The SMILES string of the molecule is C=CCn1c(=NC(=O)c2ccc(OCCCCC)cc2)sc2cc(C)c(C)cc21. The number of aromatic nitrogens is 1. The smallest absolute Gasteiger partial charge is 0.279 e. The van der Waals surface area contributed by atoms with E-state index in [9.17, 15) is 4.79 Å². The van der Waals surface area contributed by atoms with Gasteiger partial charge in [0.1, 0.15) is 5.75 Å². The summed E-state index contributed by atoms with van der Waals surface area (Å²) in [6.07, 6.45) is 5.20. The monoisotopic (exact) mass is 408 g/mol. The first-order valence-corrected chi connectivity index (χ1v) is 10.9. The molecule has 0 bridgehead atoms. The maximum Gasteiger partial charge on any atom is 0.279 e. The molecule has 5 heteroatoms. The van der Waals surface area contributed by atoms with Crippen molar-refractivity contribution >= 4 is 27.5 Å². The summed E-state index contributed by atoms with van der Waals surface area (Å²) >= 11 is 1.53. The van der Waals surface area contributed by atoms with E-state index >= 15 is 0 Å². The number of fused-ring (bicyclic) bond motifs is 1. The van der Waals surface area contributed by atoms with Gasteiger partial charge in [-0.3, -0.25) is 4.79 Å². The zero-order chi connectivity index (χ0) is 20.8. The zero-order valence-electron chi connectivity index (χ0n) is 17.4. The Hall–Kier alpha value is -2.66. The van der Waals surface area contributed by atoms with Crippen molar-refractivity contribution in [2.75, 3.05) is 6.61 Å². The van der Waals surface area contributed by atoms with E-state index in [0.29, 0.717) is 23.5 Å². The van der Waals surface area contributed by atoms with Gasteiger partial charge in [0, 0.05) is 12.1 Å². The number of amides is 1. The van der Waals surface area contributed by atoms with Gasteiger partial charge >= 0.3 is 0 Å². The molecule has 29 heavy (non-hydrogen) atoms. The van der Waals surface area contributed by atoms with Crippen LogP contribution in [0.4, 0.5) is 0 Å². The zero-order valence-corrected chi connectivity index (χ0v) is 18.2. The summed E-state index contributed by atoms with van der Waals surface area (Å²) in [5.41, 5.74) is 4.10. The Balaban J connectivity index is 1.87. The molecule has 2 aromatic carbocycles. The number of carbonyl (C=O) groups excluding carboxylic acids is 1. The predicted octanol–water partition coefficient (Wildman–Crippen LogP) is 5.82. The fraction of sp³-hybridized carbons (Fsp3) is 0.333. The van der Waals surface area contributed by atoms with E-state index < -0.39 is 0 Å². The number of nitrogens with zero attached hydrogens (tertiary/aromatic N) is 2. The minimum Gasteiger partial charge on any atom is -0.494 e. The predicted molar refractivity (Wildman–Crippen MR) is 121 cm³/mol. The highest BCUT2D eigenvalue weighted by Gasteiger charge is 2.10. The van der Waals surface area contributed by atoms with Crippen molar-refractivity contribution in [1.29, 1.82) is 0 Å². The molecular weight excluding hydrogens is 380 g/mol. The molecule has 1 aromatic heterocycles. The van der Waals surface area contributed by atoms with Crippen LogP contribution in [0.2, 0.25) is 0 Å². The van der Waals surface area contributed by atoms with Gasteiger partial charge in [-0.1, -0.05) is 37.2 Å². The van der Waals surface area contributed by atoms with Crippen LogP contribution in [0.5, 0.6) is 5.75 Å². The van der Waals surface area contributed by atoms with Crippen molar-refractivity contribution in [3.05, 3.63) is 70.5 Å². The minimum absolute atomic E-state index is 0.250. The molecular formula is C24H28N2O2S. The quantitative estimate of drug-likeness (QED) is 0.348. The third-order valence-electron chi connectivity index (χ3n) is 4.92. The van der Waals surface area contributed by atoms with Crippen molar-refractivity contribution in [1.82, 2.24) is 4.57 Å². The average molecular weight is 409 g/mol. The molecule has 0 aliphatic heterocycles. The number of rotatable bonds is 8. The summed E-state index contributed by atoms with van der Waals surface area (Å²) in [5.74, 6) is 0.535. The summed E-state index contributed by atoms with van der Waals surface area (Å²) in [7, 11) is 0. The van der Waals surface area contributed by atoms with Crippen LogP contribution in [0.1, 0.15) is 47.7 Å². The molecule has 0 unspecified atom stereocenters. The van der Waals surface area contributed by atoms with E-state index in [1.165, 1.54) is 28.9 Å². The molecule has 1 amide bonds. The van der Waals surface area contributed by atoms with Crippen molar-refractivity contribution in [3.8, 4) is 5.75 Å². The van der Waals surface area contributed by atoms with E-state index in [2.05, 4.69) is 44.5 Å². The first-order valence-electron chi connectivity index (χ1n) is 10.1. The number of ether oxygens (including phenoxy) is 1. The highest BCUT2D eigenvalue weighted by Crippen LogP contribution is 2.22. The van der Waals surface area contributed by atoms with Gasteiger partial charge in [0.2, 0.25) is 0 Å². The van der Waals surface area contributed by atoms with E-state index in [-0.39, 0.29) is 5.91 Å². The van der Waals surface area contributed by atoms with E-state index in [0.717, 1.165) is 28.8 Å². The Morgan fingerprint density at radius 3 is 2.59 bits per heavy atom. The fourth-order valence-corrected chi connectivity index (χ4v) is 4.22. The van der Waals surface area contributed by atoms with Crippen LogP contribution in [-0.4, -0.2) is 17.1 Å². The standard InChI is InChI=1S/C24H28N2O2S/c1-5-7-8-14-28-20-11-9-19(10-12-20)23(27)25-24-26(13-6-2)21-15-17(3)18(4)16-22(21)29-24/h6,9-12,15-16H,2,5,7-8,13-14H2,1,3-4H3. The lowest BCUT2D eigenvalue weighted by molar-refractivity contribution is 0.0998. The summed E-state index contributed by atoms with van der Waals surface area (Å²) < 4.78 is 8.89. The molecule has 0 saturated heterocycles. The Labute approximate surface area is 176 Å². The van der Waals surface area contributed by atoms with Crippen LogP contribution in [0.3, 0.4) is 0 Å². The largest absolute Gasteiger partial charge is 0.494 e. The van der Waals surface area contributed by atoms with E-state index in [1.54, 1.807) is 12.1 Å². The van der Waals surface area contributed by atoms with Crippen molar-refractivity contribution in [2.24, 2.45) is 4.99 Å². The van der Waals surface area contributed by atoms with Crippen LogP contribution in [0, 0.1) is 13.8 Å². The van der Waals surface area contributed by atoms with Crippen molar-refractivity contribution in [2.45, 2.75) is 46.6 Å². The minimum atomic E-state index is -0.250. The molecule has 0 spiro atoms. The number of hydrogen-bond donors (Lipinski definition) is 0. The van der Waals surface area contributed by atoms with Gasteiger partial charge in [-0.2, -0.15) is 4.99 Å². The summed E-state index contributed by atoms with van der Waals surface area (Å²) in [4.78, 5) is 17.9. The Kier molecular flexibility index (Phi) is 7.04. The molecule has 3 rings (SSSR count). The molecule has 0 aliphatic carbocycles. The normalized spacial score (nSPS) is 11.8. The van der Waals surface area contributed by atoms with Crippen LogP contribution < -0.4 is 9.54 Å². The lowest BCUT2D eigenvalue weighted by Gasteiger charge is -2.06. The number of unbranched alkanes of at least 4 members (excludes halogenated alkanes) is 2. The van der Waals surface area contributed by atoms with Crippen LogP contribution in [0.25, 0.3) is 10.2 Å². The van der Waals surface area contributed by atoms with Gasteiger partial charge in [-0.15, -0.1) is 6.58 Å². The molecule has 0 radical (unpaired) electrons. The average Bonchev–Trinajstić information content (AvgIpc) is 3.02. The maximum atomic E-state index is 12.8. The van der Waals surface area contributed by atoms with Crippen molar-refractivity contribution in [3.63, 3.8) is 0 Å². The molecule has 0 aliphatic rings. The third kappa shape index (κ3) is 5.04. The lowest BCUT2D eigenvalue weighted by Crippen LogP contribution is -2.16. The van der Waals surface area contributed by atoms with Crippen LogP contribution in [-0.2, 0) is 6.54 Å². The second kappa shape index (κ2) is 9.70. The fourth-order valence-electron chi connectivity index (χ4n) is 3.10. The highest BCUT2D eigenvalue weighted by atomic mass is 32.1. The number of thiazole rings is 1. The second-order valence-corrected chi connectivity index (χ2v) is 8.19. The maximum absolute atomic E-state index is 12.8. The molecule has 0 atom stereocenters. The molecule has 1 heterocycles. The van der Waals surface area contributed by atoms with Crippen molar-refractivity contribution < 1.29 is 9.53 Å². The number of aryl methyl sites for hydroxylation is 2. The van der Waals surface area contributed by atoms with E-state index in [4.69, 9.17) is 4.74 Å². The van der Waals surface area contributed by atoms with Gasteiger partial charge in [0.05, 0.1) is 16.8 Å². The first-order chi connectivity index (χ1) is 14.0. The number of hydrogen-bond acceptors (Lipinski definition) is 3. The number of benzene rings is 2. The Morgan fingerprint density at radius 1 is 1.17 bits per heavy atom. The van der Waals surface area contributed by atoms with Gasteiger partial charge in [-0.25, -0.2) is 0 Å². The molecule has 0 saturated carbocycles. The summed E-state index contributed by atoms with van der Waals surface area (Å²) in [5, 5.41) is 0. The number of allylic oxidation sites excluding steroid dienone is 1. The van der Waals surface area contributed by atoms with Gasteiger partial charge < -0.3 is 9.30 Å². The topological polar surface area (TPSA) is 43.6 Å². The lowest BCUT2D eigenvalue weighted by atomic mass is 10.1. The first kappa shape index (κ1) is 21.1. The molecule has 152 valence electrons. The van der Waals surface area contributed by atoms with Crippen LogP contribution in [0.15, 0.2) is 54.0 Å². The second-order valence-electron chi connectivity index (χ2n) is 7.19. The summed E-state index contributed by atoms with van der Waals surface area (Å²) in [6, 6.07) is 11.5. The molecule has 3 aromatic rings. The highest BCUT2D eigenvalue weighted by molar-refractivity contribution is 7.16. The number of carbonyl (C=O) groups is 1. The van der Waals surface area contributed by atoms with Gasteiger partial charge in [0.25, 0.3) is 5.91 Å². The Morgan fingerprint density at radius 2 is 1.90 bits per heavy atom. The van der Waals surface area contributed by atoms with E-state index in [1.807, 2.05) is 22.8 Å². The van der Waals surface area contributed by atoms with Crippen LogP contribution >= 0.6 is 11.3 Å². The third-order valence-corrected chi connectivity index (χ3v) is 5.97.